The minimum absolute atomic E-state index is 0.381. The maximum atomic E-state index is 12.3. The van der Waals surface area contributed by atoms with Gasteiger partial charge in [-0.05, 0) is 58.6 Å². The van der Waals surface area contributed by atoms with Crippen molar-refractivity contribution in [2.75, 3.05) is 11.4 Å². The summed E-state index contributed by atoms with van der Waals surface area (Å²) in [5.74, 6) is 0.635. The van der Waals surface area contributed by atoms with Gasteiger partial charge < -0.3 is 4.74 Å². The Labute approximate surface area is 125 Å². The van der Waals surface area contributed by atoms with Gasteiger partial charge in [-0.25, -0.2) is 9.78 Å². The van der Waals surface area contributed by atoms with Gasteiger partial charge in [0.2, 0.25) is 0 Å². The van der Waals surface area contributed by atoms with E-state index in [2.05, 4.69) is 4.98 Å². The largest absolute Gasteiger partial charge is 0.443 e. The molecule has 0 atom stereocenters. The van der Waals surface area contributed by atoms with Crippen LogP contribution in [0.4, 0.5) is 10.6 Å². The molecule has 0 aromatic carbocycles. The molecule has 2 rings (SSSR count). The Morgan fingerprint density at radius 1 is 1.33 bits per heavy atom. The smallest absolute Gasteiger partial charge is 0.416 e. The summed E-state index contributed by atoms with van der Waals surface area (Å²) in [5, 5.41) is 0. The van der Waals surface area contributed by atoms with Crippen LogP contribution in [0.2, 0.25) is 0 Å². The molecule has 1 aliphatic heterocycles. The van der Waals surface area contributed by atoms with E-state index in [1.807, 2.05) is 27.7 Å². The van der Waals surface area contributed by atoms with Crippen molar-refractivity contribution in [2.24, 2.45) is 0 Å². The minimum atomic E-state index is -0.540. The van der Waals surface area contributed by atoms with Crippen LogP contribution in [0.5, 0.6) is 0 Å². The lowest BCUT2D eigenvalue weighted by Gasteiger charge is -2.32. The lowest BCUT2D eigenvalue weighted by atomic mass is 9.96. The SMILES string of the molecule is Cc1nc2c(c(C)c1C=O)CCCN2C(=O)OC(C)(C)C. The third kappa shape index (κ3) is 3.06. The van der Waals surface area contributed by atoms with Gasteiger partial charge in [0.15, 0.2) is 6.29 Å². The first-order chi connectivity index (χ1) is 9.74. The van der Waals surface area contributed by atoms with Crippen LogP contribution < -0.4 is 4.90 Å². The normalized spacial score (nSPS) is 14.6. The molecule has 2 heterocycles. The van der Waals surface area contributed by atoms with Crippen molar-refractivity contribution in [1.29, 1.82) is 0 Å². The van der Waals surface area contributed by atoms with Crippen LogP contribution in [0.25, 0.3) is 0 Å². The van der Waals surface area contributed by atoms with Gasteiger partial charge in [0.05, 0.1) is 5.69 Å². The van der Waals surface area contributed by atoms with Crippen molar-refractivity contribution < 1.29 is 14.3 Å². The molecule has 1 aliphatic rings. The van der Waals surface area contributed by atoms with Gasteiger partial charge in [-0.2, -0.15) is 0 Å². The summed E-state index contributed by atoms with van der Waals surface area (Å²) in [7, 11) is 0. The van der Waals surface area contributed by atoms with Gasteiger partial charge in [0, 0.05) is 12.1 Å². The second-order valence-corrected chi connectivity index (χ2v) is 6.39. The number of aldehydes is 1. The molecule has 21 heavy (non-hydrogen) atoms. The topological polar surface area (TPSA) is 59.5 Å². The van der Waals surface area contributed by atoms with Crippen LogP contribution in [-0.2, 0) is 11.2 Å². The Hall–Kier alpha value is -1.91. The number of hydrogen-bond acceptors (Lipinski definition) is 4. The van der Waals surface area contributed by atoms with E-state index in [9.17, 15) is 9.59 Å². The third-order valence-corrected chi connectivity index (χ3v) is 3.59. The zero-order chi connectivity index (χ0) is 15.8. The molecule has 5 nitrogen and oxygen atoms in total. The van der Waals surface area contributed by atoms with E-state index in [1.54, 1.807) is 11.8 Å². The number of fused-ring (bicyclic) bond motifs is 1. The van der Waals surface area contributed by atoms with E-state index >= 15 is 0 Å². The Morgan fingerprint density at radius 2 is 2.00 bits per heavy atom. The Bertz CT molecular complexity index is 588. The summed E-state index contributed by atoms with van der Waals surface area (Å²) >= 11 is 0. The van der Waals surface area contributed by atoms with E-state index in [-0.39, 0.29) is 6.09 Å². The van der Waals surface area contributed by atoms with Crippen molar-refractivity contribution in [3.63, 3.8) is 0 Å². The van der Waals surface area contributed by atoms with Gasteiger partial charge in [0.25, 0.3) is 0 Å². The fourth-order valence-electron chi connectivity index (χ4n) is 2.60. The van der Waals surface area contributed by atoms with Gasteiger partial charge in [0.1, 0.15) is 11.4 Å². The monoisotopic (exact) mass is 290 g/mol. The number of amides is 1. The molecular formula is C16H22N2O3. The number of hydrogen-bond donors (Lipinski definition) is 0. The van der Waals surface area contributed by atoms with Crippen LogP contribution in [0.15, 0.2) is 0 Å². The number of aryl methyl sites for hydroxylation is 1. The molecule has 0 radical (unpaired) electrons. The molecule has 114 valence electrons. The number of aromatic nitrogens is 1. The van der Waals surface area contributed by atoms with E-state index in [1.165, 1.54) is 0 Å². The summed E-state index contributed by atoms with van der Waals surface area (Å²) in [5.41, 5.74) is 2.62. The Morgan fingerprint density at radius 3 is 2.57 bits per heavy atom. The number of pyridine rings is 1. The summed E-state index contributed by atoms with van der Waals surface area (Å²) in [6.07, 6.45) is 2.13. The first-order valence-corrected chi connectivity index (χ1v) is 7.20. The fraction of sp³-hybridized carbons (Fsp3) is 0.562. The molecular weight excluding hydrogens is 268 g/mol. The number of anilines is 1. The number of nitrogens with zero attached hydrogens (tertiary/aromatic N) is 2. The molecule has 1 aromatic rings. The van der Waals surface area contributed by atoms with Crippen molar-refractivity contribution in [2.45, 2.75) is 53.1 Å². The number of ether oxygens (including phenoxy) is 1. The predicted molar refractivity (Wildman–Crippen MR) is 81.0 cm³/mol. The molecule has 1 aromatic heterocycles. The minimum Gasteiger partial charge on any atom is -0.443 e. The van der Waals surface area contributed by atoms with E-state index in [4.69, 9.17) is 4.74 Å². The van der Waals surface area contributed by atoms with E-state index in [0.717, 1.165) is 30.3 Å². The van der Waals surface area contributed by atoms with Crippen LogP contribution in [0, 0.1) is 13.8 Å². The molecule has 0 fully saturated rings. The number of rotatable bonds is 1. The quantitative estimate of drug-likeness (QED) is 0.745. The second kappa shape index (κ2) is 5.47. The van der Waals surface area contributed by atoms with Crippen LogP contribution in [0.1, 0.15) is 54.4 Å². The molecule has 0 N–H and O–H groups in total. The Kier molecular flexibility index (Phi) is 4.03. The lowest BCUT2D eigenvalue weighted by molar-refractivity contribution is 0.0576. The average Bonchev–Trinajstić information content (AvgIpc) is 2.36. The fourth-order valence-corrected chi connectivity index (χ4v) is 2.60. The van der Waals surface area contributed by atoms with E-state index < -0.39 is 5.60 Å². The van der Waals surface area contributed by atoms with Crippen LogP contribution in [0.3, 0.4) is 0 Å². The second-order valence-electron chi connectivity index (χ2n) is 6.39. The van der Waals surface area contributed by atoms with Crippen molar-refractivity contribution >= 4 is 18.2 Å². The molecule has 0 spiro atoms. The molecule has 0 bridgehead atoms. The van der Waals surface area contributed by atoms with Crippen LogP contribution >= 0.6 is 0 Å². The van der Waals surface area contributed by atoms with Gasteiger partial charge in [-0.1, -0.05) is 0 Å². The zero-order valence-corrected chi connectivity index (χ0v) is 13.3. The summed E-state index contributed by atoms with van der Waals surface area (Å²) in [4.78, 5) is 29.6. The molecule has 1 amide bonds. The lowest BCUT2D eigenvalue weighted by Crippen LogP contribution is -2.40. The first kappa shape index (κ1) is 15.5. The molecule has 0 saturated carbocycles. The molecule has 0 aliphatic carbocycles. The maximum Gasteiger partial charge on any atom is 0.416 e. The standard InChI is InChI=1S/C16H22N2O3/c1-10-12-7-6-8-18(15(20)21-16(3,4)5)14(12)17-11(2)13(10)9-19/h9H,6-8H2,1-5H3. The van der Waals surface area contributed by atoms with Gasteiger partial charge in [-0.15, -0.1) is 0 Å². The highest BCUT2D eigenvalue weighted by Gasteiger charge is 2.30. The van der Waals surface area contributed by atoms with Crippen molar-refractivity contribution in [3.05, 3.63) is 22.4 Å². The van der Waals surface area contributed by atoms with E-state index in [0.29, 0.717) is 23.6 Å². The highest BCUT2D eigenvalue weighted by atomic mass is 16.6. The zero-order valence-electron chi connectivity index (χ0n) is 13.3. The molecule has 5 heteroatoms. The molecule has 0 saturated heterocycles. The number of carbonyl (C=O) groups is 2. The predicted octanol–water partition coefficient (Wildman–Crippen LogP) is 3.20. The summed E-state index contributed by atoms with van der Waals surface area (Å²) in [6, 6.07) is 0. The maximum absolute atomic E-state index is 12.3. The van der Waals surface area contributed by atoms with Crippen LogP contribution in [-0.4, -0.2) is 29.5 Å². The van der Waals surface area contributed by atoms with Crippen molar-refractivity contribution in [1.82, 2.24) is 4.98 Å². The highest BCUT2D eigenvalue weighted by molar-refractivity contribution is 5.90. The van der Waals surface area contributed by atoms with Gasteiger partial charge >= 0.3 is 6.09 Å². The average molecular weight is 290 g/mol. The third-order valence-electron chi connectivity index (χ3n) is 3.59. The summed E-state index contributed by atoms with van der Waals surface area (Å²) in [6.45, 7) is 9.82. The highest BCUT2D eigenvalue weighted by Crippen LogP contribution is 2.31. The number of carbonyl (C=O) groups excluding carboxylic acids is 2. The van der Waals surface area contributed by atoms with Crippen molar-refractivity contribution in [3.8, 4) is 0 Å². The Balaban J connectivity index is 2.44. The molecule has 0 unspecified atom stereocenters. The van der Waals surface area contributed by atoms with Gasteiger partial charge in [-0.3, -0.25) is 9.69 Å². The summed E-state index contributed by atoms with van der Waals surface area (Å²) < 4.78 is 5.45. The first-order valence-electron chi connectivity index (χ1n) is 7.20.